The zero-order chi connectivity index (χ0) is 15.3. The molecule has 0 aromatic heterocycles. The van der Waals surface area contributed by atoms with Gasteiger partial charge in [0.2, 0.25) is 0 Å². The normalized spacial score (nSPS) is 16.3. The third kappa shape index (κ3) is 5.41. The van der Waals surface area contributed by atoms with Gasteiger partial charge in [0, 0.05) is 25.0 Å². The average Bonchev–Trinajstić information content (AvgIpc) is 2.97. The molecular weight excluding hydrogens is 392 g/mol. The molecule has 1 fully saturated rings. The predicted molar refractivity (Wildman–Crippen MR) is 102 cm³/mol. The van der Waals surface area contributed by atoms with E-state index in [1.54, 1.807) is 7.05 Å². The Bertz CT molecular complexity index is 479. The first kappa shape index (κ1) is 19.2. The lowest BCUT2D eigenvalue weighted by Gasteiger charge is -2.27. The van der Waals surface area contributed by atoms with Crippen molar-refractivity contribution in [1.29, 1.82) is 0 Å². The highest BCUT2D eigenvalue weighted by Gasteiger charge is 2.22. The first-order valence-corrected chi connectivity index (χ1v) is 7.74. The molecule has 0 heterocycles. The summed E-state index contributed by atoms with van der Waals surface area (Å²) in [7, 11) is 1.80. The zero-order valence-electron chi connectivity index (χ0n) is 13.7. The van der Waals surface area contributed by atoms with Gasteiger partial charge in [0.25, 0.3) is 0 Å². The highest BCUT2D eigenvalue weighted by Crippen LogP contribution is 2.22. The average molecular weight is 419 g/mol. The van der Waals surface area contributed by atoms with Crippen molar-refractivity contribution in [1.82, 2.24) is 10.6 Å². The van der Waals surface area contributed by atoms with Gasteiger partial charge >= 0.3 is 0 Å². The SMILES string of the molecule is CN=C(NCC(C)(C)c1ccc(F)cc1)NC1CCCC1.I. The van der Waals surface area contributed by atoms with Crippen molar-refractivity contribution < 1.29 is 4.39 Å². The topological polar surface area (TPSA) is 36.4 Å². The number of hydrogen-bond acceptors (Lipinski definition) is 1. The first-order chi connectivity index (χ1) is 10.0. The van der Waals surface area contributed by atoms with Crippen LogP contribution in [0.5, 0.6) is 0 Å². The Balaban J connectivity index is 0.00000242. The van der Waals surface area contributed by atoms with Gasteiger partial charge in [-0.25, -0.2) is 4.39 Å². The molecule has 0 atom stereocenters. The Morgan fingerprint density at radius 2 is 1.82 bits per heavy atom. The zero-order valence-corrected chi connectivity index (χ0v) is 16.0. The summed E-state index contributed by atoms with van der Waals surface area (Å²) < 4.78 is 13.0. The van der Waals surface area contributed by atoms with Crippen molar-refractivity contribution in [3.8, 4) is 0 Å². The largest absolute Gasteiger partial charge is 0.356 e. The fourth-order valence-electron chi connectivity index (χ4n) is 2.77. The van der Waals surface area contributed by atoms with Gasteiger partial charge in [-0.15, -0.1) is 24.0 Å². The lowest BCUT2D eigenvalue weighted by molar-refractivity contribution is 0.501. The molecule has 124 valence electrons. The summed E-state index contributed by atoms with van der Waals surface area (Å²) in [6.45, 7) is 5.05. The lowest BCUT2D eigenvalue weighted by Crippen LogP contribution is -2.46. The number of guanidine groups is 1. The monoisotopic (exact) mass is 419 g/mol. The number of nitrogens with one attached hydrogen (secondary N) is 2. The maximum atomic E-state index is 13.0. The second-order valence-electron chi connectivity index (χ2n) is 6.44. The smallest absolute Gasteiger partial charge is 0.191 e. The predicted octanol–water partition coefficient (Wildman–Crippen LogP) is 3.83. The molecule has 1 aromatic rings. The molecular formula is C17H27FIN3. The van der Waals surface area contributed by atoms with Gasteiger partial charge in [-0.2, -0.15) is 0 Å². The summed E-state index contributed by atoms with van der Waals surface area (Å²) in [5, 5.41) is 6.87. The minimum absolute atomic E-state index is 0. The van der Waals surface area contributed by atoms with Crippen LogP contribution in [0.3, 0.4) is 0 Å². The quantitative estimate of drug-likeness (QED) is 0.442. The molecule has 22 heavy (non-hydrogen) atoms. The van der Waals surface area contributed by atoms with E-state index in [9.17, 15) is 4.39 Å². The number of hydrogen-bond donors (Lipinski definition) is 2. The molecule has 1 aliphatic rings. The molecule has 0 bridgehead atoms. The standard InChI is InChI=1S/C17H26FN3.HI/c1-17(2,13-8-10-14(18)11-9-13)12-20-16(19-3)21-15-6-4-5-7-15;/h8-11,15H,4-7,12H2,1-3H3,(H2,19,20,21);1H. The van der Waals surface area contributed by atoms with Crippen molar-refractivity contribution in [3.63, 3.8) is 0 Å². The summed E-state index contributed by atoms with van der Waals surface area (Å²) >= 11 is 0. The minimum atomic E-state index is -0.193. The van der Waals surface area contributed by atoms with Crippen LogP contribution in [0.15, 0.2) is 29.3 Å². The van der Waals surface area contributed by atoms with Crippen LogP contribution >= 0.6 is 24.0 Å². The lowest BCUT2D eigenvalue weighted by atomic mass is 9.84. The van der Waals surface area contributed by atoms with E-state index in [0.717, 1.165) is 18.1 Å². The molecule has 1 aliphatic carbocycles. The molecule has 0 radical (unpaired) electrons. The van der Waals surface area contributed by atoms with Crippen molar-refractivity contribution in [2.24, 2.45) is 4.99 Å². The molecule has 1 saturated carbocycles. The maximum Gasteiger partial charge on any atom is 0.191 e. The number of rotatable bonds is 4. The van der Waals surface area contributed by atoms with Crippen LogP contribution in [0.25, 0.3) is 0 Å². The molecule has 0 spiro atoms. The van der Waals surface area contributed by atoms with Crippen molar-refractivity contribution >= 4 is 29.9 Å². The highest BCUT2D eigenvalue weighted by molar-refractivity contribution is 14.0. The fraction of sp³-hybridized carbons (Fsp3) is 0.588. The van der Waals surface area contributed by atoms with Crippen LogP contribution in [0.4, 0.5) is 4.39 Å². The van der Waals surface area contributed by atoms with E-state index in [0.29, 0.717) is 6.04 Å². The van der Waals surface area contributed by atoms with Gasteiger partial charge in [-0.05, 0) is 30.5 Å². The van der Waals surface area contributed by atoms with Gasteiger partial charge in [0.15, 0.2) is 5.96 Å². The Kier molecular flexibility index (Phi) is 7.59. The number of halogens is 2. The molecule has 0 unspecified atom stereocenters. The van der Waals surface area contributed by atoms with Crippen LogP contribution in [0.2, 0.25) is 0 Å². The molecule has 2 rings (SSSR count). The van der Waals surface area contributed by atoms with Gasteiger partial charge in [0.05, 0.1) is 0 Å². The summed E-state index contributed by atoms with van der Waals surface area (Å²) in [6.07, 6.45) is 5.05. The van der Waals surface area contributed by atoms with Gasteiger partial charge in [-0.1, -0.05) is 38.8 Å². The summed E-state index contributed by atoms with van der Waals surface area (Å²) in [4.78, 5) is 4.30. The molecule has 0 amide bonds. The van der Waals surface area contributed by atoms with Gasteiger partial charge in [-0.3, -0.25) is 4.99 Å². The van der Waals surface area contributed by atoms with Gasteiger partial charge in [0.1, 0.15) is 5.82 Å². The van der Waals surface area contributed by atoms with E-state index in [1.165, 1.54) is 37.8 Å². The Labute approximate surface area is 150 Å². The van der Waals surface area contributed by atoms with E-state index in [1.807, 2.05) is 12.1 Å². The first-order valence-electron chi connectivity index (χ1n) is 7.74. The second-order valence-corrected chi connectivity index (χ2v) is 6.44. The maximum absolute atomic E-state index is 13.0. The number of nitrogens with zero attached hydrogens (tertiary/aromatic N) is 1. The van der Waals surface area contributed by atoms with Crippen molar-refractivity contribution in [3.05, 3.63) is 35.6 Å². The molecule has 0 saturated heterocycles. The summed E-state index contributed by atoms with van der Waals surface area (Å²) in [5.74, 6) is 0.665. The third-order valence-electron chi connectivity index (χ3n) is 4.24. The van der Waals surface area contributed by atoms with Crippen LogP contribution in [0, 0.1) is 5.82 Å². The minimum Gasteiger partial charge on any atom is -0.356 e. The Morgan fingerprint density at radius 1 is 1.23 bits per heavy atom. The fourth-order valence-corrected chi connectivity index (χ4v) is 2.77. The molecule has 0 aliphatic heterocycles. The van der Waals surface area contributed by atoms with Crippen molar-refractivity contribution in [2.45, 2.75) is 51.0 Å². The van der Waals surface area contributed by atoms with E-state index in [4.69, 9.17) is 0 Å². The van der Waals surface area contributed by atoms with E-state index in [2.05, 4.69) is 29.5 Å². The van der Waals surface area contributed by atoms with Crippen LogP contribution < -0.4 is 10.6 Å². The third-order valence-corrected chi connectivity index (χ3v) is 4.24. The van der Waals surface area contributed by atoms with E-state index < -0.39 is 0 Å². The highest BCUT2D eigenvalue weighted by atomic mass is 127. The molecule has 3 nitrogen and oxygen atoms in total. The van der Waals surface area contributed by atoms with Gasteiger partial charge < -0.3 is 10.6 Å². The summed E-state index contributed by atoms with van der Waals surface area (Å²) in [6, 6.07) is 7.28. The second kappa shape index (κ2) is 8.70. The van der Waals surface area contributed by atoms with Crippen molar-refractivity contribution in [2.75, 3.05) is 13.6 Å². The van der Waals surface area contributed by atoms with Crippen LogP contribution in [0.1, 0.15) is 45.1 Å². The molecule has 2 N–H and O–H groups in total. The van der Waals surface area contributed by atoms with E-state index in [-0.39, 0.29) is 35.2 Å². The Hall–Kier alpha value is -0.850. The van der Waals surface area contributed by atoms with E-state index >= 15 is 0 Å². The van der Waals surface area contributed by atoms with Crippen LogP contribution in [-0.4, -0.2) is 25.6 Å². The molecule has 1 aromatic carbocycles. The number of benzene rings is 1. The summed E-state index contributed by atoms with van der Waals surface area (Å²) in [5.41, 5.74) is 1.04. The molecule has 5 heteroatoms. The van der Waals surface area contributed by atoms with Crippen LogP contribution in [-0.2, 0) is 5.41 Å². The number of aliphatic imine (C=N–C) groups is 1. The Morgan fingerprint density at radius 3 is 2.36 bits per heavy atom.